The van der Waals surface area contributed by atoms with Crippen molar-refractivity contribution in [3.8, 4) is 0 Å². The summed E-state index contributed by atoms with van der Waals surface area (Å²) in [6.07, 6.45) is 2.41. The molecular formula is C13H18ClFN2. The van der Waals surface area contributed by atoms with Crippen molar-refractivity contribution >= 4 is 17.3 Å². The minimum absolute atomic E-state index is 0.465. The number of anilines is 1. The lowest BCUT2D eigenvalue weighted by Crippen LogP contribution is -2.12. The minimum Gasteiger partial charge on any atom is -0.384 e. The Hall–Kier alpha value is -0.800. The molecule has 0 aliphatic carbocycles. The van der Waals surface area contributed by atoms with Crippen molar-refractivity contribution in [2.75, 3.05) is 25.0 Å². The molecule has 4 heteroatoms. The predicted octanol–water partition coefficient (Wildman–Crippen LogP) is 3.22. The highest BCUT2D eigenvalue weighted by Crippen LogP contribution is 2.24. The minimum atomic E-state index is -0.465. The molecule has 0 radical (unpaired) electrons. The second-order valence-electron chi connectivity index (χ2n) is 4.52. The summed E-state index contributed by atoms with van der Waals surface area (Å²) in [5.74, 6) is 0.770. The molecule has 1 aromatic carbocycles. The van der Waals surface area contributed by atoms with Crippen LogP contribution in [-0.2, 0) is 6.67 Å². The molecule has 94 valence electrons. The molecule has 1 unspecified atom stereocenters. The summed E-state index contributed by atoms with van der Waals surface area (Å²) in [6, 6.07) is 5.30. The zero-order valence-electron chi connectivity index (χ0n) is 9.81. The van der Waals surface area contributed by atoms with Crippen LogP contribution >= 0.6 is 11.6 Å². The molecule has 0 bridgehead atoms. The highest BCUT2D eigenvalue weighted by molar-refractivity contribution is 6.33. The van der Waals surface area contributed by atoms with Crippen molar-refractivity contribution in [1.29, 1.82) is 0 Å². The monoisotopic (exact) mass is 256 g/mol. The van der Waals surface area contributed by atoms with Gasteiger partial charge in [0.2, 0.25) is 0 Å². The molecule has 0 saturated carbocycles. The normalized spacial score (nSPS) is 19.5. The van der Waals surface area contributed by atoms with Crippen LogP contribution in [0.2, 0.25) is 5.02 Å². The maximum absolute atomic E-state index is 12.4. The molecule has 1 heterocycles. The van der Waals surface area contributed by atoms with Crippen LogP contribution in [0.4, 0.5) is 10.1 Å². The third-order valence-corrected chi connectivity index (χ3v) is 3.53. The van der Waals surface area contributed by atoms with Crippen LogP contribution in [0.1, 0.15) is 18.4 Å². The lowest BCUT2D eigenvalue weighted by Gasteiger charge is -2.12. The molecule has 1 fully saturated rings. The standard InChI is InChI=1S/C13H18ClFN2/c14-12-7-11(8-15)1-2-13(12)17-6-4-10-3-5-16-9-10/h1-2,7,10,16-17H,3-6,8-9H2. The molecule has 1 aliphatic rings. The molecular weight excluding hydrogens is 239 g/mol. The van der Waals surface area contributed by atoms with Gasteiger partial charge in [0.15, 0.2) is 0 Å². The molecule has 17 heavy (non-hydrogen) atoms. The summed E-state index contributed by atoms with van der Waals surface area (Å²) in [6.45, 7) is 2.71. The van der Waals surface area contributed by atoms with Gasteiger partial charge in [-0.25, -0.2) is 4.39 Å². The van der Waals surface area contributed by atoms with Gasteiger partial charge in [-0.15, -0.1) is 0 Å². The Morgan fingerprint density at radius 3 is 3.00 bits per heavy atom. The van der Waals surface area contributed by atoms with Crippen LogP contribution in [0.3, 0.4) is 0 Å². The Labute approximate surface area is 107 Å². The zero-order valence-corrected chi connectivity index (χ0v) is 10.6. The van der Waals surface area contributed by atoms with Gasteiger partial charge >= 0.3 is 0 Å². The molecule has 1 atom stereocenters. The van der Waals surface area contributed by atoms with Crippen LogP contribution in [0, 0.1) is 5.92 Å². The number of nitrogens with one attached hydrogen (secondary N) is 2. The number of hydrogen-bond donors (Lipinski definition) is 2. The van der Waals surface area contributed by atoms with Crippen LogP contribution in [-0.4, -0.2) is 19.6 Å². The number of alkyl halides is 1. The van der Waals surface area contributed by atoms with Crippen molar-refractivity contribution in [2.45, 2.75) is 19.5 Å². The summed E-state index contributed by atoms with van der Waals surface area (Å²) in [7, 11) is 0. The van der Waals surface area contributed by atoms with Gasteiger partial charge in [-0.05, 0) is 49.5 Å². The highest BCUT2D eigenvalue weighted by Gasteiger charge is 2.13. The highest BCUT2D eigenvalue weighted by atomic mass is 35.5. The molecule has 2 rings (SSSR count). The summed E-state index contributed by atoms with van der Waals surface area (Å²) in [4.78, 5) is 0. The van der Waals surface area contributed by atoms with Gasteiger partial charge in [0.05, 0.1) is 10.7 Å². The van der Waals surface area contributed by atoms with Gasteiger partial charge in [0.1, 0.15) is 6.67 Å². The van der Waals surface area contributed by atoms with Crippen molar-refractivity contribution in [2.24, 2.45) is 5.92 Å². The molecule has 0 spiro atoms. The van der Waals surface area contributed by atoms with Gasteiger partial charge in [0, 0.05) is 6.54 Å². The van der Waals surface area contributed by atoms with Crippen LogP contribution < -0.4 is 10.6 Å². The van der Waals surface area contributed by atoms with E-state index in [1.54, 1.807) is 12.1 Å². The average Bonchev–Trinajstić information content (AvgIpc) is 2.84. The van der Waals surface area contributed by atoms with E-state index >= 15 is 0 Å². The van der Waals surface area contributed by atoms with Crippen molar-refractivity contribution < 1.29 is 4.39 Å². The zero-order chi connectivity index (χ0) is 12.1. The summed E-state index contributed by atoms with van der Waals surface area (Å²) < 4.78 is 12.4. The smallest absolute Gasteiger partial charge is 0.115 e. The van der Waals surface area contributed by atoms with E-state index in [1.165, 1.54) is 6.42 Å². The van der Waals surface area contributed by atoms with Crippen molar-refractivity contribution in [3.63, 3.8) is 0 Å². The Morgan fingerprint density at radius 2 is 2.35 bits per heavy atom. The van der Waals surface area contributed by atoms with Crippen molar-refractivity contribution in [1.82, 2.24) is 5.32 Å². The first-order chi connectivity index (χ1) is 8.29. The fraction of sp³-hybridized carbons (Fsp3) is 0.538. The second kappa shape index (κ2) is 6.22. The average molecular weight is 257 g/mol. The van der Waals surface area contributed by atoms with E-state index in [4.69, 9.17) is 11.6 Å². The van der Waals surface area contributed by atoms with Gasteiger partial charge in [-0.3, -0.25) is 0 Å². The van der Waals surface area contributed by atoms with Crippen LogP contribution in [0.25, 0.3) is 0 Å². The largest absolute Gasteiger partial charge is 0.384 e. The molecule has 1 aliphatic heterocycles. The Bertz CT molecular complexity index is 364. The van der Waals surface area contributed by atoms with Gasteiger partial charge in [-0.2, -0.15) is 0 Å². The molecule has 1 saturated heterocycles. The number of rotatable bonds is 5. The van der Waals surface area contributed by atoms with E-state index in [2.05, 4.69) is 10.6 Å². The maximum Gasteiger partial charge on any atom is 0.115 e. The lowest BCUT2D eigenvalue weighted by molar-refractivity contribution is 0.485. The number of halogens is 2. The summed E-state index contributed by atoms with van der Waals surface area (Å²) >= 11 is 6.06. The third kappa shape index (κ3) is 3.58. The van der Waals surface area contributed by atoms with E-state index in [1.807, 2.05) is 6.07 Å². The third-order valence-electron chi connectivity index (χ3n) is 3.22. The lowest BCUT2D eigenvalue weighted by atomic mass is 10.1. The molecule has 2 N–H and O–H groups in total. The SMILES string of the molecule is FCc1ccc(NCCC2CCNC2)c(Cl)c1. The number of benzene rings is 1. The first-order valence-electron chi connectivity index (χ1n) is 6.08. The molecule has 0 amide bonds. The topological polar surface area (TPSA) is 24.1 Å². The van der Waals surface area contributed by atoms with E-state index in [0.717, 1.165) is 37.7 Å². The van der Waals surface area contributed by atoms with Crippen LogP contribution in [0.15, 0.2) is 18.2 Å². The predicted molar refractivity (Wildman–Crippen MR) is 70.3 cm³/mol. The Morgan fingerprint density at radius 1 is 1.47 bits per heavy atom. The fourth-order valence-electron chi connectivity index (χ4n) is 2.16. The first-order valence-corrected chi connectivity index (χ1v) is 6.46. The maximum atomic E-state index is 12.4. The van der Waals surface area contributed by atoms with Gasteiger partial charge in [0.25, 0.3) is 0 Å². The Kier molecular flexibility index (Phi) is 4.63. The fourth-order valence-corrected chi connectivity index (χ4v) is 2.43. The van der Waals surface area contributed by atoms with Gasteiger partial charge < -0.3 is 10.6 Å². The van der Waals surface area contributed by atoms with E-state index in [-0.39, 0.29) is 0 Å². The summed E-state index contributed by atoms with van der Waals surface area (Å²) in [5.41, 5.74) is 1.52. The van der Waals surface area contributed by atoms with E-state index < -0.39 is 6.67 Å². The molecule has 1 aromatic rings. The van der Waals surface area contributed by atoms with E-state index in [0.29, 0.717) is 10.6 Å². The Balaban J connectivity index is 1.81. The summed E-state index contributed by atoms with van der Waals surface area (Å²) in [5, 5.41) is 7.26. The molecule has 0 aromatic heterocycles. The van der Waals surface area contributed by atoms with Crippen LogP contribution in [0.5, 0.6) is 0 Å². The number of hydrogen-bond acceptors (Lipinski definition) is 2. The van der Waals surface area contributed by atoms with Gasteiger partial charge in [-0.1, -0.05) is 17.7 Å². The quantitative estimate of drug-likeness (QED) is 0.845. The van der Waals surface area contributed by atoms with Crippen molar-refractivity contribution in [3.05, 3.63) is 28.8 Å². The first kappa shape index (κ1) is 12.7. The second-order valence-corrected chi connectivity index (χ2v) is 4.93. The molecule has 2 nitrogen and oxygen atoms in total. The van der Waals surface area contributed by atoms with E-state index in [9.17, 15) is 4.39 Å².